The third-order valence-electron chi connectivity index (χ3n) is 3.63. The number of nitrogens with one attached hydrogen (secondary N) is 1. The van der Waals surface area contributed by atoms with Crippen LogP contribution in [0.15, 0.2) is 66.7 Å². The molecule has 0 aliphatic carbocycles. The van der Waals surface area contributed by atoms with Crippen molar-refractivity contribution in [3.63, 3.8) is 0 Å². The van der Waals surface area contributed by atoms with Gasteiger partial charge >= 0.3 is 5.97 Å². The Hall–Kier alpha value is -2.75. The molecule has 0 fully saturated rings. The summed E-state index contributed by atoms with van der Waals surface area (Å²) in [6.45, 7) is 1.99. The second-order valence-corrected chi connectivity index (χ2v) is 5.25. The van der Waals surface area contributed by atoms with Crippen LogP contribution in [-0.4, -0.2) is 20.2 Å². The molecule has 0 saturated carbocycles. The Morgan fingerprint density at radius 1 is 1.04 bits per heavy atom. The number of methoxy groups -OCH3 is 2. The molecule has 0 saturated heterocycles. The lowest BCUT2D eigenvalue weighted by Crippen LogP contribution is -2.30. The van der Waals surface area contributed by atoms with Crippen LogP contribution >= 0.6 is 0 Å². The molecule has 2 aromatic carbocycles. The normalized spacial score (nSPS) is 13.3. The molecule has 4 heteroatoms. The quantitative estimate of drug-likeness (QED) is 0.652. The van der Waals surface area contributed by atoms with Gasteiger partial charge in [-0.2, -0.15) is 0 Å². The number of benzene rings is 2. The summed E-state index contributed by atoms with van der Waals surface area (Å²) in [6, 6.07) is 17.6. The van der Waals surface area contributed by atoms with Gasteiger partial charge in [0, 0.05) is 6.08 Å². The first-order valence-corrected chi connectivity index (χ1v) is 7.33. The van der Waals surface area contributed by atoms with Gasteiger partial charge in [0.05, 0.1) is 25.4 Å². The molecule has 2 rings (SSSR count). The van der Waals surface area contributed by atoms with Crippen LogP contribution in [0.4, 0.5) is 5.69 Å². The monoisotopic (exact) mass is 311 g/mol. The SMILES string of the molecule is COC(=O)/C=C/[C@@](C)(Nc1ccccc1OC)c1ccccc1. The van der Waals surface area contributed by atoms with Crippen molar-refractivity contribution in [1.29, 1.82) is 0 Å². The minimum absolute atomic E-state index is 0.394. The van der Waals surface area contributed by atoms with Crippen molar-refractivity contribution in [3.05, 3.63) is 72.3 Å². The standard InChI is InChI=1S/C19H21NO3/c1-19(14-13-18(21)23-3,15-9-5-4-6-10-15)20-16-11-7-8-12-17(16)22-2/h4-14,20H,1-3H3/b14-13+/t19-/m1/s1. The molecule has 0 aromatic heterocycles. The molecule has 23 heavy (non-hydrogen) atoms. The molecule has 1 atom stereocenters. The van der Waals surface area contributed by atoms with Crippen molar-refractivity contribution in [2.45, 2.75) is 12.5 Å². The van der Waals surface area contributed by atoms with Gasteiger partial charge in [-0.3, -0.25) is 0 Å². The second-order valence-electron chi connectivity index (χ2n) is 5.25. The van der Waals surface area contributed by atoms with Gasteiger partial charge in [-0.25, -0.2) is 4.79 Å². The van der Waals surface area contributed by atoms with E-state index in [1.165, 1.54) is 13.2 Å². The zero-order chi connectivity index (χ0) is 16.7. The Morgan fingerprint density at radius 3 is 2.35 bits per heavy atom. The summed E-state index contributed by atoms with van der Waals surface area (Å²) in [5.74, 6) is 0.343. The molecule has 1 N–H and O–H groups in total. The van der Waals surface area contributed by atoms with Crippen LogP contribution in [0.5, 0.6) is 5.75 Å². The van der Waals surface area contributed by atoms with Crippen molar-refractivity contribution in [2.24, 2.45) is 0 Å². The molecule has 0 radical (unpaired) electrons. The van der Waals surface area contributed by atoms with Gasteiger partial charge in [-0.1, -0.05) is 42.5 Å². The summed E-state index contributed by atoms with van der Waals surface area (Å²) >= 11 is 0. The molecule has 0 spiro atoms. The van der Waals surface area contributed by atoms with Gasteiger partial charge in [0.15, 0.2) is 0 Å². The van der Waals surface area contributed by atoms with E-state index in [1.54, 1.807) is 13.2 Å². The fourth-order valence-corrected chi connectivity index (χ4v) is 2.32. The van der Waals surface area contributed by atoms with E-state index < -0.39 is 11.5 Å². The van der Waals surface area contributed by atoms with E-state index in [0.29, 0.717) is 0 Å². The van der Waals surface area contributed by atoms with E-state index in [9.17, 15) is 4.79 Å². The second kappa shape index (κ2) is 7.49. The smallest absolute Gasteiger partial charge is 0.330 e. The molecule has 0 bridgehead atoms. The third-order valence-corrected chi connectivity index (χ3v) is 3.63. The number of hydrogen-bond donors (Lipinski definition) is 1. The largest absolute Gasteiger partial charge is 0.495 e. The van der Waals surface area contributed by atoms with Crippen molar-refractivity contribution in [3.8, 4) is 5.75 Å². The Morgan fingerprint density at radius 2 is 1.70 bits per heavy atom. The first kappa shape index (κ1) is 16.6. The van der Waals surface area contributed by atoms with Gasteiger partial charge in [0.2, 0.25) is 0 Å². The molecule has 0 unspecified atom stereocenters. The number of esters is 1. The van der Waals surface area contributed by atoms with Crippen LogP contribution in [0.25, 0.3) is 0 Å². The van der Waals surface area contributed by atoms with Crippen molar-refractivity contribution < 1.29 is 14.3 Å². The van der Waals surface area contributed by atoms with Gasteiger partial charge in [0.1, 0.15) is 5.75 Å². The van der Waals surface area contributed by atoms with E-state index in [1.807, 2.05) is 61.5 Å². The van der Waals surface area contributed by atoms with E-state index in [-0.39, 0.29) is 0 Å². The lowest BCUT2D eigenvalue weighted by molar-refractivity contribution is -0.134. The number of hydrogen-bond acceptors (Lipinski definition) is 4. The summed E-state index contributed by atoms with van der Waals surface area (Å²) in [5, 5.41) is 3.45. The number of carbonyl (C=O) groups excluding carboxylic acids is 1. The Balaban J connectivity index is 2.41. The third kappa shape index (κ3) is 4.13. The summed E-state index contributed by atoms with van der Waals surface area (Å²) in [4.78, 5) is 11.5. The number of anilines is 1. The number of carbonyl (C=O) groups is 1. The highest BCUT2D eigenvalue weighted by atomic mass is 16.5. The fourth-order valence-electron chi connectivity index (χ4n) is 2.32. The molecule has 4 nitrogen and oxygen atoms in total. The molecular weight excluding hydrogens is 290 g/mol. The van der Waals surface area contributed by atoms with Gasteiger partial charge in [-0.05, 0) is 30.7 Å². The van der Waals surface area contributed by atoms with E-state index >= 15 is 0 Å². The maximum Gasteiger partial charge on any atom is 0.330 e. The predicted molar refractivity (Wildman–Crippen MR) is 91.6 cm³/mol. The van der Waals surface area contributed by atoms with Gasteiger partial charge in [0.25, 0.3) is 0 Å². The van der Waals surface area contributed by atoms with Gasteiger partial charge in [-0.15, -0.1) is 0 Å². The topological polar surface area (TPSA) is 47.6 Å². The van der Waals surface area contributed by atoms with Crippen LogP contribution in [0.2, 0.25) is 0 Å². The highest BCUT2D eigenvalue weighted by Crippen LogP contribution is 2.32. The highest BCUT2D eigenvalue weighted by molar-refractivity contribution is 5.82. The maximum atomic E-state index is 11.5. The Labute approximate surface area is 136 Å². The minimum Gasteiger partial charge on any atom is -0.495 e. The van der Waals surface area contributed by atoms with Gasteiger partial charge < -0.3 is 14.8 Å². The van der Waals surface area contributed by atoms with Crippen LogP contribution < -0.4 is 10.1 Å². The molecule has 0 aliphatic heterocycles. The molecule has 0 aliphatic rings. The fraction of sp³-hybridized carbons (Fsp3) is 0.211. The molecule has 120 valence electrons. The van der Waals surface area contributed by atoms with Crippen molar-refractivity contribution >= 4 is 11.7 Å². The summed E-state index contributed by atoms with van der Waals surface area (Å²) in [5.41, 5.74) is 1.27. The summed E-state index contributed by atoms with van der Waals surface area (Å²) < 4.78 is 10.1. The first-order valence-electron chi connectivity index (χ1n) is 7.33. The number of para-hydroxylation sites is 2. The highest BCUT2D eigenvalue weighted by Gasteiger charge is 2.24. The van der Waals surface area contributed by atoms with Crippen LogP contribution in [0, 0.1) is 0 Å². The zero-order valence-electron chi connectivity index (χ0n) is 13.6. The van der Waals surface area contributed by atoms with Crippen molar-refractivity contribution in [1.82, 2.24) is 0 Å². The Kier molecular flexibility index (Phi) is 5.41. The summed E-state index contributed by atoms with van der Waals surface area (Å²) in [6.07, 6.45) is 3.22. The average molecular weight is 311 g/mol. The number of rotatable bonds is 6. The van der Waals surface area contributed by atoms with E-state index in [2.05, 4.69) is 5.32 Å². The molecule has 2 aromatic rings. The number of ether oxygens (including phenoxy) is 2. The minimum atomic E-state index is -0.593. The van der Waals surface area contributed by atoms with E-state index in [0.717, 1.165) is 17.0 Å². The lowest BCUT2D eigenvalue weighted by atomic mass is 9.91. The lowest BCUT2D eigenvalue weighted by Gasteiger charge is -2.30. The Bertz CT molecular complexity index is 682. The average Bonchev–Trinajstić information content (AvgIpc) is 2.61. The molecule has 0 heterocycles. The first-order chi connectivity index (χ1) is 11.1. The molecule has 0 amide bonds. The maximum absolute atomic E-state index is 11.5. The van der Waals surface area contributed by atoms with Crippen molar-refractivity contribution in [2.75, 3.05) is 19.5 Å². The van der Waals surface area contributed by atoms with Crippen LogP contribution in [0.3, 0.4) is 0 Å². The zero-order valence-corrected chi connectivity index (χ0v) is 13.6. The van der Waals surface area contributed by atoms with Crippen LogP contribution in [-0.2, 0) is 15.1 Å². The summed E-state index contributed by atoms with van der Waals surface area (Å²) in [7, 11) is 2.99. The molecular formula is C19H21NO3. The van der Waals surface area contributed by atoms with E-state index in [4.69, 9.17) is 9.47 Å². The predicted octanol–water partition coefficient (Wildman–Crippen LogP) is 3.75. The van der Waals surface area contributed by atoms with Crippen LogP contribution in [0.1, 0.15) is 12.5 Å².